The van der Waals surface area contributed by atoms with E-state index in [0.29, 0.717) is 32.5 Å². The zero-order chi connectivity index (χ0) is 20.5. The first-order chi connectivity index (χ1) is 13.2. The first-order valence-corrected chi connectivity index (χ1v) is 8.88. The van der Waals surface area contributed by atoms with Crippen LogP contribution in [0, 0.1) is 5.92 Å². The molecule has 1 fully saturated rings. The average molecular weight is 405 g/mol. The number of halogens is 3. The van der Waals surface area contributed by atoms with E-state index in [9.17, 15) is 22.8 Å². The highest BCUT2D eigenvalue weighted by Crippen LogP contribution is 2.30. The summed E-state index contributed by atoms with van der Waals surface area (Å²) < 4.78 is 49.6. The lowest BCUT2D eigenvalue weighted by Crippen LogP contribution is -2.53. The Balaban J connectivity index is 1.72. The van der Waals surface area contributed by atoms with Crippen molar-refractivity contribution in [3.63, 3.8) is 0 Å². The van der Waals surface area contributed by atoms with Gasteiger partial charge in [0.15, 0.2) is 0 Å². The molecule has 1 aromatic rings. The highest BCUT2D eigenvalue weighted by molar-refractivity contribution is 5.73. The molecule has 9 nitrogen and oxygen atoms in total. The number of amides is 1. The van der Waals surface area contributed by atoms with E-state index in [4.69, 9.17) is 9.47 Å². The molecule has 3 rings (SSSR count). The maximum absolute atomic E-state index is 13.0. The first-order valence-electron chi connectivity index (χ1n) is 8.88. The number of hydrogen-bond donors (Lipinski definition) is 0. The molecule has 1 amide bonds. The third-order valence-corrected chi connectivity index (χ3v) is 5.21. The van der Waals surface area contributed by atoms with E-state index in [1.807, 2.05) is 4.90 Å². The number of piperidine rings is 1. The number of rotatable bonds is 3. The van der Waals surface area contributed by atoms with Crippen LogP contribution in [0.5, 0.6) is 0 Å². The number of aromatic nitrogens is 3. The third-order valence-electron chi connectivity index (χ3n) is 5.21. The van der Waals surface area contributed by atoms with Crippen LogP contribution in [0.2, 0.25) is 0 Å². The van der Waals surface area contributed by atoms with Crippen molar-refractivity contribution >= 4 is 12.1 Å². The van der Waals surface area contributed by atoms with Gasteiger partial charge in [-0.05, 0) is 12.8 Å². The second-order valence-electron chi connectivity index (χ2n) is 6.89. The van der Waals surface area contributed by atoms with Crippen LogP contribution in [-0.4, -0.2) is 76.5 Å². The van der Waals surface area contributed by atoms with Gasteiger partial charge in [-0.2, -0.15) is 13.2 Å². The lowest BCUT2D eigenvalue weighted by Gasteiger charge is -2.40. The van der Waals surface area contributed by atoms with Crippen molar-refractivity contribution in [1.82, 2.24) is 24.6 Å². The van der Waals surface area contributed by atoms with E-state index in [0.717, 1.165) is 4.57 Å². The summed E-state index contributed by atoms with van der Waals surface area (Å²) in [5, 5.41) is 6.93. The molecule has 2 aliphatic heterocycles. The van der Waals surface area contributed by atoms with Crippen LogP contribution in [0.1, 0.15) is 24.5 Å². The molecule has 1 aromatic heterocycles. The zero-order valence-corrected chi connectivity index (χ0v) is 15.6. The van der Waals surface area contributed by atoms with Crippen LogP contribution in [0.25, 0.3) is 0 Å². The van der Waals surface area contributed by atoms with E-state index < -0.39 is 18.1 Å². The topological polar surface area (TPSA) is 89.8 Å². The third kappa shape index (κ3) is 4.05. The molecule has 0 aromatic carbocycles. The standard InChI is InChI=1S/C16H22F3N5O4/c1-27-13(25)10-3-4-23(15(26)28-2)11(7-10)8-22-5-6-24-12(9-22)20-21-14(24)16(17,18)19/h10-11H,3-9H2,1-2H3/t10-,11+/m1/s1. The molecule has 0 aliphatic carbocycles. The molecule has 0 unspecified atom stereocenters. The Bertz CT molecular complexity index is 738. The highest BCUT2D eigenvalue weighted by Gasteiger charge is 2.41. The first kappa shape index (κ1) is 20.4. The molecule has 0 bridgehead atoms. The van der Waals surface area contributed by atoms with Gasteiger partial charge >= 0.3 is 18.2 Å². The molecule has 0 saturated carbocycles. The maximum atomic E-state index is 13.0. The van der Waals surface area contributed by atoms with E-state index in [2.05, 4.69) is 10.2 Å². The number of esters is 1. The largest absolute Gasteiger partial charge is 0.469 e. The van der Waals surface area contributed by atoms with Crippen molar-refractivity contribution in [1.29, 1.82) is 0 Å². The molecule has 12 heteroatoms. The Labute approximate surface area is 159 Å². The van der Waals surface area contributed by atoms with Crippen LogP contribution in [-0.2, 0) is 33.5 Å². The van der Waals surface area contributed by atoms with Crippen LogP contribution in [0.4, 0.5) is 18.0 Å². The summed E-state index contributed by atoms with van der Waals surface area (Å²) in [4.78, 5) is 27.5. The van der Waals surface area contributed by atoms with E-state index >= 15 is 0 Å². The van der Waals surface area contributed by atoms with Crippen molar-refractivity contribution in [3.8, 4) is 0 Å². The zero-order valence-electron chi connectivity index (χ0n) is 15.6. The number of ether oxygens (including phenoxy) is 2. The number of fused-ring (bicyclic) bond motifs is 1. The SMILES string of the molecule is COC(=O)[C@@H]1CCN(C(=O)OC)[C@H](CN2CCn3c(nnc3C(F)(F)F)C2)C1. The summed E-state index contributed by atoms with van der Waals surface area (Å²) in [5.74, 6) is -1.44. The molecule has 28 heavy (non-hydrogen) atoms. The molecule has 156 valence electrons. The molecular weight excluding hydrogens is 383 g/mol. The molecule has 3 heterocycles. The molecule has 0 spiro atoms. The Morgan fingerprint density at radius 1 is 1.14 bits per heavy atom. The van der Waals surface area contributed by atoms with Crippen LogP contribution in [0.15, 0.2) is 0 Å². The lowest BCUT2D eigenvalue weighted by molar-refractivity contribution is -0.148. The number of methoxy groups -OCH3 is 2. The number of nitrogens with zero attached hydrogens (tertiary/aromatic N) is 5. The van der Waals surface area contributed by atoms with Gasteiger partial charge in [-0.15, -0.1) is 10.2 Å². The van der Waals surface area contributed by atoms with Gasteiger partial charge in [-0.25, -0.2) is 4.79 Å². The molecule has 0 N–H and O–H groups in total. The minimum absolute atomic E-state index is 0.0998. The van der Waals surface area contributed by atoms with Gasteiger partial charge in [0.2, 0.25) is 5.82 Å². The lowest BCUT2D eigenvalue weighted by atomic mass is 9.90. The number of hydrogen-bond acceptors (Lipinski definition) is 7. The Hall–Kier alpha value is -2.37. The summed E-state index contributed by atoms with van der Waals surface area (Å²) in [7, 11) is 2.60. The van der Waals surface area contributed by atoms with Crippen LogP contribution in [0.3, 0.4) is 0 Å². The fourth-order valence-corrected chi connectivity index (χ4v) is 3.83. The molecular formula is C16H22F3N5O4. The molecule has 0 radical (unpaired) electrons. The molecule has 1 saturated heterocycles. The van der Waals surface area contributed by atoms with Crippen molar-refractivity contribution in [2.24, 2.45) is 5.92 Å². The Kier molecular flexibility index (Phi) is 5.77. The monoisotopic (exact) mass is 405 g/mol. The normalized spacial score (nSPS) is 23.2. The van der Waals surface area contributed by atoms with E-state index in [1.165, 1.54) is 14.2 Å². The average Bonchev–Trinajstić information content (AvgIpc) is 3.10. The van der Waals surface area contributed by atoms with Gasteiger partial charge in [0, 0.05) is 32.2 Å². The van der Waals surface area contributed by atoms with E-state index in [-0.39, 0.29) is 36.8 Å². The summed E-state index contributed by atoms with van der Waals surface area (Å²) >= 11 is 0. The van der Waals surface area contributed by atoms with Gasteiger partial charge < -0.3 is 18.9 Å². The Morgan fingerprint density at radius 2 is 1.89 bits per heavy atom. The summed E-state index contributed by atoms with van der Waals surface area (Å²) in [5.41, 5.74) is 0. The predicted molar refractivity (Wildman–Crippen MR) is 87.9 cm³/mol. The quantitative estimate of drug-likeness (QED) is 0.697. The fraction of sp³-hybridized carbons (Fsp3) is 0.750. The number of likely N-dealkylation sites (tertiary alicyclic amines) is 1. The van der Waals surface area contributed by atoms with Gasteiger partial charge in [0.1, 0.15) is 5.82 Å². The number of carbonyl (C=O) groups is 2. The van der Waals surface area contributed by atoms with Crippen molar-refractivity contribution in [2.45, 2.75) is 38.1 Å². The van der Waals surface area contributed by atoms with Gasteiger partial charge in [0.25, 0.3) is 0 Å². The van der Waals surface area contributed by atoms with E-state index in [1.54, 1.807) is 4.90 Å². The van der Waals surface area contributed by atoms with Gasteiger partial charge in [-0.1, -0.05) is 0 Å². The summed E-state index contributed by atoms with van der Waals surface area (Å²) in [6, 6.07) is -0.318. The van der Waals surface area contributed by atoms with Gasteiger partial charge in [0.05, 0.1) is 26.7 Å². The van der Waals surface area contributed by atoms with Crippen molar-refractivity contribution < 1.29 is 32.2 Å². The fourth-order valence-electron chi connectivity index (χ4n) is 3.83. The second-order valence-corrected chi connectivity index (χ2v) is 6.89. The number of alkyl halides is 3. The van der Waals surface area contributed by atoms with Crippen molar-refractivity contribution in [2.75, 3.05) is 33.9 Å². The van der Waals surface area contributed by atoms with Gasteiger partial charge in [-0.3, -0.25) is 9.69 Å². The minimum atomic E-state index is -4.55. The highest BCUT2D eigenvalue weighted by atomic mass is 19.4. The maximum Gasteiger partial charge on any atom is 0.451 e. The molecule has 2 aliphatic rings. The number of carbonyl (C=O) groups excluding carboxylic acids is 2. The Morgan fingerprint density at radius 3 is 2.54 bits per heavy atom. The predicted octanol–water partition coefficient (Wildman–Crippen LogP) is 1.13. The minimum Gasteiger partial charge on any atom is -0.469 e. The summed E-state index contributed by atoms with van der Waals surface area (Å²) in [6.07, 6.45) is -4.17. The smallest absolute Gasteiger partial charge is 0.451 e. The second kappa shape index (κ2) is 7.94. The summed E-state index contributed by atoms with van der Waals surface area (Å²) in [6.45, 7) is 1.36. The van der Waals surface area contributed by atoms with Crippen LogP contribution < -0.4 is 0 Å². The van der Waals surface area contributed by atoms with Crippen LogP contribution >= 0.6 is 0 Å². The molecule has 2 atom stereocenters. The van der Waals surface area contributed by atoms with Crippen molar-refractivity contribution in [3.05, 3.63) is 11.6 Å².